The summed E-state index contributed by atoms with van der Waals surface area (Å²) in [6, 6.07) is 0. The smallest absolute Gasteiger partial charge is 0.194 e. The van der Waals surface area contributed by atoms with Crippen LogP contribution in [0.5, 0.6) is 0 Å². The van der Waals surface area contributed by atoms with Crippen LogP contribution in [0.15, 0.2) is 23.6 Å². The van der Waals surface area contributed by atoms with Crippen LogP contribution in [-0.4, -0.2) is 72.5 Å². The largest absolute Gasteiger partial charge is 0.367 e. The van der Waals surface area contributed by atoms with Crippen molar-refractivity contribution in [3.63, 3.8) is 0 Å². The molecule has 142 valence electrons. The standard InChI is InChI=1S/C15H26N6O2S.HI/c1-4-17-14(20-8-7-19-13-11-16-5-6-18-13)21-9-10-24(22,23)15(2,3)12-21;/h5-6,11H,4,7-10,12H2,1-3H3,(H,17,20)(H,18,19);1H. The van der Waals surface area contributed by atoms with Crippen molar-refractivity contribution in [2.24, 2.45) is 4.99 Å². The Kier molecular flexibility index (Phi) is 8.32. The van der Waals surface area contributed by atoms with Crippen molar-refractivity contribution in [3.8, 4) is 0 Å². The summed E-state index contributed by atoms with van der Waals surface area (Å²) in [5, 5.41) is 6.39. The SMILES string of the molecule is CCNC(=NCCNc1cnccn1)N1CCS(=O)(=O)C(C)(C)C1.I. The number of nitrogens with one attached hydrogen (secondary N) is 2. The van der Waals surface area contributed by atoms with E-state index in [4.69, 9.17) is 0 Å². The van der Waals surface area contributed by atoms with Crippen LogP contribution >= 0.6 is 24.0 Å². The quantitative estimate of drug-likeness (QED) is 0.280. The van der Waals surface area contributed by atoms with Crippen molar-refractivity contribution < 1.29 is 8.42 Å². The van der Waals surface area contributed by atoms with E-state index in [1.165, 1.54) is 0 Å². The maximum atomic E-state index is 12.1. The molecule has 1 aromatic heterocycles. The maximum Gasteiger partial charge on any atom is 0.194 e. The van der Waals surface area contributed by atoms with Gasteiger partial charge in [0.2, 0.25) is 0 Å². The first-order valence-electron chi connectivity index (χ1n) is 8.11. The number of halogens is 1. The Morgan fingerprint density at radius 2 is 2.16 bits per heavy atom. The molecule has 1 saturated heterocycles. The van der Waals surface area contributed by atoms with Gasteiger partial charge in [0.25, 0.3) is 0 Å². The highest BCUT2D eigenvalue weighted by Gasteiger charge is 2.40. The van der Waals surface area contributed by atoms with Crippen LogP contribution in [-0.2, 0) is 9.84 Å². The van der Waals surface area contributed by atoms with Crippen molar-refractivity contribution in [2.75, 3.05) is 43.8 Å². The summed E-state index contributed by atoms with van der Waals surface area (Å²) in [6.07, 6.45) is 4.91. The van der Waals surface area contributed by atoms with E-state index in [1.807, 2.05) is 11.8 Å². The summed E-state index contributed by atoms with van der Waals surface area (Å²) in [6.45, 7) is 8.38. The maximum absolute atomic E-state index is 12.1. The molecule has 0 amide bonds. The molecule has 1 fully saturated rings. The number of hydrogen-bond donors (Lipinski definition) is 2. The third-order valence-corrected chi connectivity index (χ3v) is 6.45. The fourth-order valence-corrected chi connectivity index (χ4v) is 3.85. The summed E-state index contributed by atoms with van der Waals surface area (Å²) in [5.74, 6) is 1.62. The van der Waals surface area contributed by atoms with Gasteiger partial charge in [0, 0.05) is 38.6 Å². The summed E-state index contributed by atoms with van der Waals surface area (Å²) in [5.41, 5.74) is 0. The van der Waals surface area contributed by atoms with Gasteiger partial charge in [0.1, 0.15) is 5.82 Å². The molecule has 1 aliphatic heterocycles. The van der Waals surface area contributed by atoms with Crippen LogP contribution < -0.4 is 10.6 Å². The number of anilines is 1. The lowest BCUT2D eigenvalue weighted by atomic mass is 10.2. The van der Waals surface area contributed by atoms with Crippen molar-refractivity contribution in [2.45, 2.75) is 25.5 Å². The van der Waals surface area contributed by atoms with Gasteiger partial charge in [-0.1, -0.05) is 0 Å². The second kappa shape index (κ2) is 9.51. The predicted octanol–water partition coefficient (Wildman–Crippen LogP) is 0.981. The second-order valence-electron chi connectivity index (χ2n) is 6.25. The molecular weight excluding hydrogens is 455 g/mol. The molecule has 0 aliphatic carbocycles. The minimum absolute atomic E-state index is 0. The van der Waals surface area contributed by atoms with Gasteiger partial charge in [-0.15, -0.1) is 24.0 Å². The number of rotatable bonds is 5. The molecule has 2 N–H and O–H groups in total. The lowest BCUT2D eigenvalue weighted by Crippen LogP contribution is -2.57. The molecule has 0 saturated carbocycles. The highest BCUT2D eigenvalue weighted by molar-refractivity contribution is 14.0. The van der Waals surface area contributed by atoms with E-state index in [9.17, 15) is 8.42 Å². The molecule has 25 heavy (non-hydrogen) atoms. The molecule has 0 aromatic carbocycles. The fraction of sp³-hybridized carbons (Fsp3) is 0.667. The Bertz CT molecular complexity index is 666. The zero-order valence-corrected chi connectivity index (χ0v) is 18.0. The number of guanidine groups is 1. The third kappa shape index (κ3) is 5.94. The lowest BCUT2D eigenvalue weighted by molar-refractivity contribution is 0.353. The topological polar surface area (TPSA) is 99.6 Å². The van der Waals surface area contributed by atoms with E-state index in [2.05, 4.69) is 25.6 Å². The van der Waals surface area contributed by atoms with E-state index < -0.39 is 14.6 Å². The number of nitrogens with zero attached hydrogens (tertiary/aromatic N) is 4. The molecule has 0 bridgehead atoms. The second-order valence-corrected chi connectivity index (χ2v) is 9.00. The fourth-order valence-electron chi connectivity index (χ4n) is 2.49. The molecule has 2 rings (SSSR count). The van der Waals surface area contributed by atoms with Crippen molar-refractivity contribution >= 4 is 45.6 Å². The summed E-state index contributed by atoms with van der Waals surface area (Å²) < 4.78 is 23.5. The first-order valence-corrected chi connectivity index (χ1v) is 9.76. The predicted molar refractivity (Wildman–Crippen MR) is 111 cm³/mol. The molecule has 0 spiro atoms. The Labute approximate surface area is 166 Å². The van der Waals surface area contributed by atoms with E-state index in [0.717, 1.165) is 12.5 Å². The van der Waals surface area contributed by atoms with Gasteiger partial charge in [-0.05, 0) is 20.8 Å². The number of hydrogen-bond acceptors (Lipinski definition) is 6. The summed E-state index contributed by atoms with van der Waals surface area (Å²) in [4.78, 5) is 14.7. The molecule has 1 aromatic rings. The molecule has 2 heterocycles. The van der Waals surface area contributed by atoms with Crippen LogP contribution in [0, 0.1) is 0 Å². The molecule has 0 atom stereocenters. The Morgan fingerprint density at radius 3 is 2.76 bits per heavy atom. The van der Waals surface area contributed by atoms with Crippen LogP contribution in [0.4, 0.5) is 5.82 Å². The van der Waals surface area contributed by atoms with Crippen LogP contribution in [0.3, 0.4) is 0 Å². The highest BCUT2D eigenvalue weighted by Crippen LogP contribution is 2.23. The minimum Gasteiger partial charge on any atom is -0.367 e. The van der Waals surface area contributed by atoms with Crippen molar-refractivity contribution in [3.05, 3.63) is 18.6 Å². The van der Waals surface area contributed by atoms with Gasteiger partial charge in [-0.3, -0.25) is 9.98 Å². The summed E-state index contributed by atoms with van der Waals surface area (Å²) in [7, 11) is -3.06. The van der Waals surface area contributed by atoms with Crippen molar-refractivity contribution in [1.29, 1.82) is 0 Å². The van der Waals surface area contributed by atoms with E-state index in [-0.39, 0.29) is 29.7 Å². The molecule has 10 heteroatoms. The third-order valence-electron chi connectivity index (χ3n) is 3.92. The molecular formula is C15H27IN6O2S. The van der Waals surface area contributed by atoms with Gasteiger partial charge < -0.3 is 15.5 Å². The van der Waals surface area contributed by atoms with Gasteiger partial charge in [-0.2, -0.15) is 0 Å². The van der Waals surface area contributed by atoms with E-state index >= 15 is 0 Å². The Morgan fingerprint density at radius 1 is 1.40 bits per heavy atom. The van der Waals surface area contributed by atoms with Crippen molar-refractivity contribution in [1.82, 2.24) is 20.2 Å². The van der Waals surface area contributed by atoms with Crippen LogP contribution in [0.2, 0.25) is 0 Å². The Balaban J connectivity index is 0.00000312. The zero-order chi connectivity index (χ0) is 17.6. The van der Waals surface area contributed by atoms with Gasteiger partial charge in [0.05, 0.1) is 23.2 Å². The van der Waals surface area contributed by atoms with Crippen LogP contribution in [0.25, 0.3) is 0 Å². The molecule has 1 aliphatic rings. The first kappa shape index (κ1) is 21.9. The Hall–Kier alpha value is -1.17. The lowest BCUT2D eigenvalue weighted by Gasteiger charge is -2.39. The van der Waals surface area contributed by atoms with E-state index in [1.54, 1.807) is 32.4 Å². The van der Waals surface area contributed by atoms with E-state index in [0.29, 0.717) is 32.0 Å². The number of sulfone groups is 1. The van der Waals surface area contributed by atoms with Gasteiger partial charge >= 0.3 is 0 Å². The number of aromatic nitrogens is 2. The summed E-state index contributed by atoms with van der Waals surface area (Å²) >= 11 is 0. The monoisotopic (exact) mass is 482 g/mol. The molecule has 0 radical (unpaired) electrons. The number of aliphatic imine (C=N–C) groups is 1. The molecule has 0 unspecified atom stereocenters. The molecule has 8 nitrogen and oxygen atoms in total. The van der Waals surface area contributed by atoms with Gasteiger partial charge in [0.15, 0.2) is 15.8 Å². The van der Waals surface area contributed by atoms with Crippen LogP contribution in [0.1, 0.15) is 20.8 Å². The average molecular weight is 482 g/mol. The minimum atomic E-state index is -3.06. The highest BCUT2D eigenvalue weighted by atomic mass is 127. The van der Waals surface area contributed by atoms with Gasteiger partial charge in [-0.25, -0.2) is 13.4 Å². The average Bonchev–Trinajstić information content (AvgIpc) is 2.54. The zero-order valence-electron chi connectivity index (χ0n) is 14.9. The normalized spacial score (nSPS) is 19.0. The first-order chi connectivity index (χ1) is 11.4.